The molecule has 6 heteroatoms. The van der Waals surface area contributed by atoms with Crippen molar-refractivity contribution in [2.75, 3.05) is 0 Å². The van der Waals surface area contributed by atoms with Gasteiger partial charge in [0.2, 0.25) is 0 Å². The van der Waals surface area contributed by atoms with Gasteiger partial charge in [0.15, 0.2) is 11.6 Å². The van der Waals surface area contributed by atoms with E-state index in [2.05, 4.69) is 21.0 Å². The lowest BCUT2D eigenvalue weighted by Gasteiger charge is -2.09. The highest BCUT2D eigenvalue weighted by Gasteiger charge is 2.12. The standard InChI is InChI=1S/C13H15BrFN3O/c1-8-13(14)11(18(2)17-8)7-19-12-4-3-9(6-16)5-10(12)15/h3-5H,6-7,16H2,1-2H3. The van der Waals surface area contributed by atoms with E-state index in [-0.39, 0.29) is 12.4 Å². The summed E-state index contributed by atoms with van der Waals surface area (Å²) in [5.41, 5.74) is 7.93. The minimum atomic E-state index is -0.405. The molecule has 0 atom stereocenters. The lowest BCUT2D eigenvalue weighted by atomic mass is 10.2. The highest BCUT2D eigenvalue weighted by Crippen LogP contribution is 2.24. The molecule has 0 radical (unpaired) electrons. The average Bonchev–Trinajstić information content (AvgIpc) is 2.62. The number of nitrogens with two attached hydrogens (primary N) is 1. The van der Waals surface area contributed by atoms with Crippen LogP contribution in [0.15, 0.2) is 22.7 Å². The van der Waals surface area contributed by atoms with E-state index in [0.29, 0.717) is 6.54 Å². The Morgan fingerprint density at radius 1 is 1.47 bits per heavy atom. The van der Waals surface area contributed by atoms with E-state index in [0.717, 1.165) is 21.4 Å². The molecular weight excluding hydrogens is 313 g/mol. The molecule has 4 nitrogen and oxygen atoms in total. The van der Waals surface area contributed by atoms with Crippen molar-refractivity contribution in [2.24, 2.45) is 12.8 Å². The van der Waals surface area contributed by atoms with Crippen molar-refractivity contribution in [1.82, 2.24) is 9.78 Å². The molecule has 0 spiro atoms. The topological polar surface area (TPSA) is 53.1 Å². The molecule has 1 aromatic carbocycles. The zero-order valence-corrected chi connectivity index (χ0v) is 12.4. The number of benzene rings is 1. The average molecular weight is 328 g/mol. The number of hydrogen-bond donors (Lipinski definition) is 1. The van der Waals surface area contributed by atoms with Crippen LogP contribution in [-0.2, 0) is 20.2 Å². The molecule has 1 heterocycles. The van der Waals surface area contributed by atoms with Crippen molar-refractivity contribution < 1.29 is 9.13 Å². The summed E-state index contributed by atoms with van der Waals surface area (Å²) in [6.45, 7) is 2.45. The molecule has 0 aliphatic carbocycles. The van der Waals surface area contributed by atoms with Crippen molar-refractivity contribution in [3.63, 3.8) is 0 Å². The van der Waals surface area contributed by atoms with Crippen LogP contribution in [0.2, 0.25) is 0 Å². The zero-order valence-electron chi connectivity index (χ0n) is 10.8. The molecule has 2 N–H and O–H groups in total. The van der Waals surface area contributed by atoms with Crippen LogP contribution in [0.3, 0.4) is 0 Å². The Balaban J connectivity index is 2.14. The number of nitrogens with zero attached hydrogens (tertiary/aromatic N) is 2. The van der Waals surface area contributed by atoms with Crippen molar-refractivity contribution in [1.29, 1.82) is 0 Å². The highest BCUT2D eigenvalue weighted by molar-refractivity contribution is 9.10. The van der Waals surface area contributed by atoms with Gasteiger partial charge >= 0.3 is 0 Å². The molecule has 0 amide bonds. The largest absolute Gasteiger partial charge is 0.484 e. The Kier molecular flexibility index (Phi) is 4.21. The summed E-state index contributed by atoms with van der Waals surface area (Å²) in [5.74, 6) is -0.194. The van der Waals surface area contributed by atoms with Gasteiger partial charge in [-0.3, -0.25) is 4.68 Å². The molecule has 0 aliphatic heterocycles. The maximum atomic E-state index is 13.7. The smallest absolute Gasteiger partial charge is 0.165 e. The summed E-state index contributed by atoms with van der Waals surface area (Å²) in [4.78, 5) is 0. The Morgan fingerprint density at radius 3 is 2.74 bits per heavy atom. The van der Waals surface area contributed by atoms with Crippen LogP contribution in [0.25, 0.3) is 0 Å². The van der Waals surface area contributed by atoms with Crippen molar-refractivity contribution >= 4 is 15.9 Å². The van der Waals surface area contributed by atoms with Gasteiger partial charge in [-0.2, -0.15) is 5.10 Å². The van der Waals surface area contributed by atoms with Gasteiger partial charge in [0.1, 0.15) is 6.61 Å². The van der Waals surface area contributed by atoms with Crippen LogP contribution >= 0.6 is 15.9 Å². The number of rotatable bonds is 4. The summed E-state index contributed by atoms with van der Waals surface area (Å²) in [6.07, 6.45) is 0. The first-order valence-corrected chi connectivity index (χ1v) is 6.61. The molecule has 0 aliphatic rings. The van der Waals surface area contributed by atoms with E-state index in [1.807, 2.05) is 14.0 Å². The Morgan fingerprint density at radius 2 is 2.21 bits per heavy atom. The summed E-state index contributed by atoms with van der Waals surface area (Å²) >= 11 is 3.44. The Hall–Kier alpha value is -1.40. The quantitative estimate of drug-likeness (QED) is 0.939. The fourth-order valence-corrected chi connectivity index (χ4v) is 2.22. The maximum absolute atomic E-state index is 13.7. The molecule has 19 heavy (non-hydrogen) atoms. The Bertz CT molecular complexity index is 598. The van der Waals surface area contributed by atoms with Crippen LogP contribution in [0.1, 0.15) is 17.0 Å². The second kappa shape index (κ2) is 5.71. The number of hydrogen-bond acceptors (Lipinski definition) is 3. The third kappa shape index (κ3) is 2.96. The molecule has 0 saturated carbocycles. The van der Waals surface area contributed by atoms with Crippen LogP contribution in [0.4, 0.5) is 4.39 Å². The SMILES string of the molecule is Cc1nn(C)c(COc2ccc(CN)cc2F)c1Br. The first kappa shape index (κ1) is 14.0. The van der Waals surface area contributed by atoms with E-state index in [1.54, 1.807) is 16.8 Å². The first-order chi connectivity index (χ1) is 9.02. The molecule has 0 saturated heterocycles. The van der Waals surface area contributed by atoms with Crippen LogP contribution in [-0.4, -0.2) is 9.78 Å². The molecule has 0 fully saturated rings. The predicted molar refractivity (Wildman–Crippen MR) is 74.3 cm³/mol. The minimum Gasteiger partial charge on any atom is -0.484 e. The molecule has 2 aromatic rings. The number of aryl methyl sites for hydroxylation is 2. The van der Waals surface area contributed by atoms with Crippen molar-refractivity contribution in [2.45, 2.75) is 20.1 Å². The summed E-state index contributed by atoms with van der Waals surface area (Å²) in [5, 5.41) is 4.25. The normalized spacial score (nSPS) is 10.8. The minimum absolute atomic E-state index is 0.211. The summed E-state index contributed by atoms with van der Waals surface area (Å²) < 4.78 is 21.8. The van der Waals surface area contributed by atoms with Gasteiger partial charge < -0.3 is 10.5 Å². The van der Waals surface area contributed by atoms with Gasteiger partial charge in [0, 0.05) is 13.6 Å². The van der Waals surface area contributed by atoms with Crippen molar-refractivity contribution in [3.05, 3.63) is 45.4 Å². The van der Waals surface area contributed by atoms with E-state index < -0.39 is 5.82 Å². The van der Waals surface area contributed by atoms with Crippen LogP contribution < -0.4 is 10.5 Å². The molecule has 102 valence electrons. The molecule has 0 bridgehead atoms. The molecular formula is C13H15BrFN3O. The van der Waals surface area contributed by atoms with Gasteiger partial charge in [-0.25, -0.2) is 4.39 Å². The Labute approximate surface area is 119 Å². The second-order valence-corrected chi connectivity index (χ2v) is 5.02. The lowest BCUT2D eigenvalue weighted by molar-refractivity contribution is 0.279. The predicted octanol–water partition coefficient (Wildman–Crippen LogP) is 2.67. The summed E-state index contributed by atoms with van der Waals surface area (Å²) in [6, 6.07) is 4.73. The monoisotopic (exact) mass is 327 g/mol. The molecule has 1 aromatic heterocycles. The molecule has 2 rings (SSSR count). The van der Waals surface area contributed by atoms with Gasteiger partial charge in [-0.05, 0) is 40.5 Å². The first-order valence-electron chi connectivity index (χ1n) is 5.82. The van der Waals surface area contributed by atoms with E-state index >= 15 is 0 Å². The fraction of sp³-hybridized carbons (Fsp3) is 0.308. The zero-order chi connectivity index (χ0) is 14.0. The number of ether oxygens (including phenoxy) is 1. The molecule has 0 unspecified atom stereocenters. The third-order valence-corrected chi connectivity index (χ3v) is 3.89. The van der Waals surface area contributed by atoms with Crippen molar-refractivity contribution in [3.8, 4) is 5.75 Å². The third-order valence-electron chi connectivity index (χ3n) is 2.86. The number of aromatic nitrogens is 2. The highest BCUT2D eigenvalue weighted by atomic mass is 79.9. The van der Waals surface area contributed by atoms with Crippen LogP contribution in [0, 0.1) is 12.7 Å². The van der Waals surface area contributed by atoms with Crippen LogP contribution in [0.5, 0.6) is 5.75 Å². The van der Waals surface area contributed by atoms with E-state index in [4.69, 9.17) is 10.5 Å². The van der Waals surface area contributed by atoms with E-state index in [9.17, 15) is 4.39 Å². The summed E-state index contributed by atoms with van der Waals surface area (Å²) in [7, 11) is 1.82. The second-order valence-electron chi connectivity index (χ2n) is 4.23. The maximum Gasteiger partial charge on any atom is 0.165 e. The van der Waals surface area contributed by atoms with Gasteiger partial charge in [-0.15, -0.1) is 0 Å². The van der Waals surface area contributed by atoms with Gasteiger partial charge in [0.05, 0.1) is 15.9 Å². The van der Waals surface area contributed by atoms with Gasteiger partial charge in [-0.1, -0.05) is 6.07 Å². The lowest BCUT2D eigenvalue weighted by Crippen LogP contribution is -2.05. The van der Waals surface area contributed by atoms with E-state index in [1.165, 1.54) is 6.07 Å². The number of halogens is 2. The fourth-order valence-electron chi connectivity index (χ4n) is 1.77. The van der Waals surface area contributed by atoms with Gasteiger partial charge in [0.25, 0.3) is 0 Å².